The molecule has 3 N–H and O–H groups in total. The van der Waals surface area contributed by atoms with Gasteiger partial charge in [0.2, 0.25) is 10.0 Å². The van der Waals surface area contributed by atoms with Gasteiger partial charge in [0.05, 0.1) is 29.7 Å². The van der Waals surface area contributed by atoms with Crippen LogP contribution in [0.15, 0.2) is 72.8 Å². The second-order valence-corrected chi connectivity index (χ2v) is 8.71. The summed E-state index contributed by atoms with van der Waals surface area (Å²) < 4.78 is 38.9. The Morgan fingerprint density at radius 2 is 1.58 bits per heavy atom. The van der Waals surface area contributed by atoms with E-state index in [1.54, 1.807) is 18.2 Å². The van der Waals surface area contributed by atoms with Crippen molar-refractivity contribution in [2.45, 2.75) is 6.54 Å². The van der Waals surface area contributed by atoms with Crippen LogP contribution >= 0.6 is 0 Å². The van der Waals surface area contributed by atoms with Crippen molar-refractivity contribution in [3.05, 3.63) is 95.3 Å². The number of halogens is 1. The highest BCUT2D eigenvalue weighted by Gasteiger charge is 2.19. The van der Waals surface area contributed by atoms with Crippen LogP contribution in [0.2, 0.25) is 0 Å². The van der Waals surface area contributed by atoms with Crippen molar-refractivity contribution in [1.29, 1.82) is 0 Å². The minimum atomic E-state index is -3.64. The van der Waals surface area contributed by atoms with Crippen molar-refractivity contribution in [2.24, 2.45) is 5.73 Å². The average Bonchev–Trinajstić information content (AvgIpc) is 2.73. The van der Waals surface area contributed by atoms with Crippen LogP contribution in [-0.4, -0.2) is 26.5 Å². The third kappa shape index (κ3) is 5.46. The van der Waals surface area contributed by atoms with Gasteiger partial charge in [-0.15, -0.1) is 0 Å². The van der Waals surface area contributed by atoms with Crippen molar-refractivity contribution in [3.8, 4) is 0 Å². The fourth-order valence-corrected chi connectivity index (χ4v) is 3.82. The van der Waals surface area contributed by atoms with E-state index < -0.39 is 27.7 Å². The smallest absolute Gasteiger partial charge is 0.255 e. The zero-order chi connectivity index (χ0) is 22.6. The molecule has 0 bridgehead atoms. The topological polar surface area (TPSA) is 110 Å². The lowest BCUT2D eigenvalue weighted by Crippen LogP contribution is -2.29. The minimum Gasteiger partial charge on any atom is -0.366 e. The van der Waals surface area contributed by atoms with Gasteiger partial charge < -0.3 is 11.1 Å². The van der Waals surface area contributed by atoms with Crippen LogP contribution in [-0.2, 0) is 16.6 Å². The summed E-state index contributed by atoms with van der Waals surface area (Å²) in [4.78, 5) is 24.1. The van der Waals surface area contributed by atoms with Crippen molar-refractivity contribution in [1.82, 2.24) is 0 Å². The second-order valence-electron chi connectivity index (χ2n) is 6.81. The van der Waals surface area contributed by atoms with Gasteiger partial charge in [-0.2, -0.15) is 0 Å². The number of benzene rings is 3. The number of para-hydroxylation sites is 1. The molecule has 0 saturated heterocycles. The zero-order valence-electron chi connectivity index (χ0n) is 16.6. The maximum Gasteiger partial charge on any atom is 0.255 e. The van der Waals surface area contributed by atoms with Gasteiger partial charge in [-0.1, -0.05) is 24.3 Å². The van der Waals surface area contributed by atoms with Crippen molar-refractivity contribution >= 4 is 33.2 Å². The van der Waals surface area contributed by atoms with Gasteiger partial charge >= 0.3 is 0 Å². The number of sulfonamides is 1. The molecular weight excluding hydrogens is 421 g/mol. The summed E-state index contributed by atoms with van der Waals surface area (Å²) in [6.45, 7) is 0.0106. The molecule has 0 saturated carbocycles. The number of amides is 2. The molecule has 160 valence electrons. The first-order valence-corrected chi connectivity index (χ1v) is 11.0. The summed E-state index contributed by atoms with van der Waals surface area (Å²) in [5.74, 6) is -1.57. The average molecular weight is 441 g/mol. The van der Waals surface area contributed by atoms with E-state index >= 15 is 0 Å². The number of hydrogen-bond acceptors (Lipinski definition) is 4. The third-order valence-corrected chi connectivity index (χ3v) is 5.64. The lowest BCUT2D eigenvalue weighted by molar-refractivity contribution is 0.100. The van der Waals surface area contributed by atoms with Gasteiger partial charge in [0.25, 0.3) is 11.8 Å². The number of carbonyl (C=O) groups excluding carboxylic acids is 2. The van der Waals surface area contributed by atoms with Crippen LogP contribution in [0.1, 0.15) is 26.3 Å². The fourth-order valence-electron chi connectivity index (χ4n) is 2.94. The molecule has 7 nitrogen and oxygen atoms in total. The predicted octanol–water partition coefficient (Wildman–Crippen LogP) is 3.14. The van der Waals surface area contributed by atoms with Gasteiger partial charge in [-0.3, -0.25) is 13.9 Å². The van der Waals surface area contributed by atoms with E-state index in [0.29, 0.717) is 11.3 Å². The Kier molecular flexibility index (Phi) is 6.36. The van der Waals surface area contributed by atoms with Crippen LogP contribution in [0, 0.1) is 5.82 Å². The molecule has 0 fully saturated rings. The molecule has 3 aromatic carbocycles. The number of carbonyl (C=O) groups is 2. The zero-order valence-corrected chi connectivity index (χ0v) is 17.4. The van der Waals surface area contributed by atoms with Crippen LogP contribution < -0.4 is 15.4 Å². The third-order valence-electron chi connectivity index (χ3n) is 4.50. The number of hydrogen-bond donors (Lipinski definition) is 2. The predicted molar refractivity (Wildman–Crippen MR) is 117 cm³/mol. The fraction of sp³-hybridized carbons (Fsp3) is 0.0909. The van der Waals surface area contributed by atoms with E-state index in [0.717, 1.165) is 10.6 Å². The molecule has 0 aromatic heterocycles. The molecule has 0 heterocycles. The lowest BCUT2D eigenvalue weighted by Gasteiger charge is -2.22. The number of nitrogens with zero attached hydrogens (tertiary/aromatic N) is 1. The highest BCUT2D eigenvalue weighted by Crippen LogP contribution is 2.22. The summed E-state index contributed by atoms with van der Waals surface area (Å²) in [7, 11) is -3.64. The molecule has 0 unspecified atom stereocenters. The molecule has 0 aliphatic heterocycles. The lowest BCUT2D eigenvalue weighted by atomic mass is 10.1. The van der Waals surface area contributed by atoms with E-state index in [-0.39, 0.29) is 23.4 Å². The molecule has 0 radical (unpaired) electrons. The summed E-state index contributed by atoms with van der Waals surface area (Å²) in [5.41, 5.74) is 6.99. The standard InChI is InChI=1S/C22H20FN3O4S/c1-31(29,30)26(14-15-6-10-17(23)11-7-15)18-12-8-16(9-13-18)22(28)25-20-5-3-2-4-19(20)21(24)27/h2-13H,14H2,1H3,(H2,24,27)(H,25,28). The molecule has 9 heteroatoms. The molecule has 0 aliphatic carbocycles. The summed E-state index contributed by atoms with van der Waals surface area (Å²) in [6, 6.07) is 17.8. The number of rotatable bonds is 7. The van der Waals surface area contributed by atoms with E-state index in [9.17, 15) is 22.4 Å². The normalized spacial score (nSPS) is 11.0. The number of nitrogens with one attached hydrogen (secondary N) is 1. The van der Waals surface area contributed by atoms with Crippen LogP contribution in [0.5, 0.6) is 0 Å². The Morgan fingerprint density at radius 3 is 2.16 bits per heavy atom. The van der Waals surface area contributed by atoms with Gasteiger partial charge in [0.15, 0.2) is 0 Å². The van der Waals surface area contributed by atoms with Gasteiger partial charge in [0, 0.05) is 5.56 Å². The van der Waals surface area contributed by atoms with Gasteiger partial charge in [0.1, 0.15) is 5.82 Å². The van der Waals surface area contributed by atoms with Crippen LogP contribution in [0.4, 0.5) is 15.8 Å². The van der Waals surface area contributed by atoms with Crippen molar-refractivity contribution < 1.29 is 22.4 Å². The molecule has 0 aliphatic rings. The highest BCUT2D eigenvalue weighted by atomic mass is 32.2. The Labute approximate surface area is 179 Å². The molecule has 3 aromatic rings. The van der Waals surface area contributed by atoms with E-state index in [1.807, 2.05) is 0 Å². The Hall–Kier alpha value is -3.72. The highest BCUT2D eigenvalue weighted by molar-refractivity contribution is 7.92. The number of nitrogens with two attached hydrogens (primary N) is 1. The number of primary amides is 1. The van der Waals surface area contributed by atoms with E-state index in [4.69, 9.17) is 5.73 Å². The monoisotopic (exact) mass is 441 g/mol. The van der Waals surface area contributed by atoms with E-state index in [2.05, 4.69) is 5.32 Å². The number of anilines is 2. The summed E-state index contributed by atoms with van der Waals surface area (Å²) in [5, 5.41) is 2.63. The Bertz CT molecular complexity index is 1210. The summed E-state index contributed by atoms with van der Waals surface area (Å²) >= 11 is 0. The molecule has 3 rings (SSSR count). The van der Waals surface area contributed by atoms with Crippen LogP contribution in [0.3, 0.4) is 0 Å². The minimum absolute atomic E-state index is 0.0106. The molecule has 0 atom stereocenters. The SMILES string of the molecule is CS(=O)(=O)N(Cc1ccc(F)cc1)c1ccc(C(=O)Nc2ccccc2C(N)=O)cc1. The molecule has 2 amide bonds. The van der Waals surface area contributed by atoms with Crippen molar-refractivity contribution in [2.75, 3.05) is 15.9 Å². The van der Waals surface area contributed by atoms with E-state index in [1.165, 1.54) is 54.6 Å². The van der Waals surface area contributed by atoms with Gasteiger partial charge in [-0.25, -0.2) is 12.8 Å². The van der Waals surface area contributed by atoms with Gasteiger partial charge in [-0.05, 0) is 54.1 Å². The first-order valence-electron chi connectivity index (χ1n) is 9.17. The Balaban J connectivity index is 1.82. The quantitative estimate of drug-likeness (QED) is 0.587. The second kappa shape index (κ2) is 8.97. The molecule has 31 heavy (non-hydrogen) atoms. The Morgan fingerprint density at radius 1 is 0.968 bits per heavy atom. The molecular formula is C22H20FN3O4S. The largest absolute Gasteiger partial charge is 0.366 e. The first kappa shape index (κ1) is 22.0. The maximum atomic E-state index is 13.1. The first-order chi connectivity index (χ1) is 14.6. The van der Waals surface area contributed by atoms with Crippen molar-refractivity contribution in [3.63, 3.8) is 0 Å². The van der Waals surface area contributed by atoms with Crippen LogP contribution in [0.25, 0.3) is 0 Å². The summed E-state index contributed by atoms with van der Waals surface area (Å²) in [6.07, 6.45) is 1.07. The maximum absolute atomic E-state index is 13.1. The molecule has 0 spiro atoms.